The van der Waals surface area contributed by atoms with Gasteiger partial charge >= 0.3 is 11.9 Å². The maximum Gasteiger partial charge on any atom is 0.344 e. The lowest BCUT2D eigenvalue weighted by Gasteiger charge is -2.35. The van der Waals surface area contributed by atoms with E-state index in [9.17, 15) is 19.2 Å². The summed E-state index contributed by atoms with van der Waals surface area (Å²) >= 11 is 0. The average Bonchev–Trinajstić information content (AvgIpc) is 3.41. The predicted octanol–water partition coefficient (Wildman–Crippen LogP) is 4.24. The van der Waals surface area contributed by atoms with E-state index in [1.807, 2.05) is 6.92 Å². The number of hydrogen-bond donors (Lipinski definition) is 1. The highest BCUT2D eigenvalue weighted by atomic mass is 16.6. The minimum atomic E-state index is -2.39. The molecule has 8 nitrogen and oxygen atoms in total. The Kier molecular flexibility index (Phi) is 8.78. The monoisotopic (exact) mass is 491 g/mol. The second-order valence-corrected chi connectivity index (χ2v) is 8.13. The molecule has 0 fully saturated rings. The maximum absolute atomic E-state index is 13.6. The first-order chi connectivity index (χ1) is 17.3. The number of benzene rings is 2. The Morgan fingerprint density at radius 1 is 0.833 bits per heavy atom. The number of esters is 2. The molecular formula is C28H29NO7. The van der Waals surface area contributed by atoms with Gasteiger partial charge in [0, 0.05) is 17.5 Å². The fourth-order valence-electron chi connectivity index (χ4n) is 3.89. The van der Waals surface area contributed by atoms with Gasteiger partial charge in [-0.05, 0) is 45.0 Å². The topological polar surface area (TPSA) is 112 Å². The minimum absolute atomic E-state index is 0.0714. The SMILES string of the molecule is CCOC(=O)C(NC(=O)c1ccccc1)(C(=O)OCC)C(CC(=O)c1ccc(C)cc1)c1ccco1. The van der Waals surface area contributed by atoms with Crippen LogP contribution in [0.4, 0.5) is 0 Å². The number of furan rings is 1. The first kappa shape index (κ1) is 26.4. The molecule has 1 aromatic heterocycles. The number of hydrogen-bond acceptors (Lipinski definition) is 7. The van der Waals surface area contributed by atoms with Crippen LogP contribution in [0.25, 0.3) is 0 Å². The second kappa shape index (κ2) is 12.0. The van der Waals surface area contributed by atoms with Gasteiger partial charge in [-0.1, -0.05) is 48.0 Å². The summed E-state index contributed by atoms with van der Waals surface area (Å²) in [4.78, 5) is 53.8. The molecule has 1 N–H and O–H groups in total. The van der Waals surface area contributed by atoms with Crippen LogP contribution in [0.2, 0.25) is 0 Å². The fourth-order valence-corrected chi connectivity index (χ4v) is 3.89. The normalized spacial score (nSPS) is 11.9. The molecule has 3 rings (SSSR count). The highest BCUT2D eigenvalue weighted by Crippen LogP contribution is 2.36. The van der Waals surface area contributed by atoms with Gasteiger partial charge in [-0.25, -0.2) is 9.59 Å². The van der Waals surface area contributed by atoms with Crippen molar-refractivity contribution in [3.8, 4) is 0 Å². The van der Waals surface area contributed by atoms with Crippen LogP contribution in [-0.2, 0) is 19.1 Å². The molecular weight excluding hydrogens is 462 g/mol. The zero-order valence-corrected chi connectivity index (χ0v) is 20.5. The van der Waals surface area contributed by atoms with Crippen LogP contribution in [0.3, 0.4) is 0 Å². The number of aryl methyl sites for hydroxylation is 1. The molecule has 1 heterocycles. The van der Waals surface area contributed by atoms with Crippen molar-refractivity contribution in [1.82, 2.24) is 5.32 Å². The summed E-state index contributed by atoms with van der Waals surface area (Å²) in [7, 11) is 0. The zero-order valence-electron chi connectivity index (χ0n) is 20.5. The predicted molar refractivity (Wildman–Crippen MR) is 131 cm³/mol. The molecule has 8 heteroatoms. The molecule has 0 aliphatic heterocycles. The van der Waals surface area contributed by atoms with E-state index in [1.54, 1.807) is 62.4 Å². The van der Waals surface area contributed by atoms with Crippen molar-refractivity contribution in [2.75, 3.05) is 13.2 Å². The van der Waals surface area contributed by atoms with Crippen LogP contribution in [0, 0.1) is 6.92 Å². The molecule has 0 bridgehead atoms. The third-order valence-corrected chi connectivity index (χ3v) is 5.71. The van der Waals surface area contributed by atoms with Crippen LogP contribution in [-0.4, -0.2) is 42.4 Å². The molecule has 188 valence electrons. The third kappa shape index (κ3) is 5.71. The number of nitrogens with one attached hydrogen (secondary N) is 1. The van der Waals surface area contributed by atoms with E-state index in [1.165, 1.54) is 24.5 Å². The number of carbonyl (C=O) groups is 4. The second-order valence-electron chi connectivity index (χ2n) is 8.13. The highest BCUT2D eigenvalue weighted by Gasteiger charge is 2.58. The number of ketones is 1. The van der Waals surface area contributed by atoms with Crippen molar-refractivity contribution in [2.45, 2.75) is 38.6 Å². The summed E-state index contributed by atoms with van der Waals surface area (Å²) < 4.78 is 16.2. The number of rotatable bonds is 11. The summed E-state index contributed by atoms with van der Waals surface area (Å²) in [5.41, 5.74) is -0.833. The van der Waals surface area contributed by atoms with E-state index in [2.05, 4.69) is 5.32 Å². The van der Waals surface area contributed by atoms with Gasteiger partial charge in [0.25, 0.3) is 5.91 Å². The Morgan fingerprint density at radius 3 is 1.97 bits per heavy atom. The molecule has 0 aliphatic carbocycles. The summed E-state index contributed by atoms with van der Waals surface area (Å²) in [6, 6.07) is 18.1. The third-order valence-electron chi connectivity index (χ3n) is 5.71. The van der Waals surface area contributed by atoms with Crippen LogP contribution < -0.4 is 5.32 Å². The van der Waals surface area contributed by atoms with Gasteiger partial charge in [0.2, 0.25) is 5.54 Å². The van der Waals surface area contributed by atoms with Gasteiger partial charge in [-0.2, -0.15) is 0 Å². The van der Waals surface area contributed by atoms with Gasteiger partial charge in [0.05, 0.1) is 25.4 Å². The van der Waals surface area contributed by atoms with E-state index in [0.717, 1.165) is 5.56 Å². The van der Waals surface area contributed by atoms with Crippen molar-refractivity contribution < 1.29 is 33.1 Å². The van der Waals surface area contributed by atoms with Gasteiger partial charge in [-0.15, -0.1) is 0 Å². The largest absolute Gasteiger partial charge is 0.469 e. The molecule has 0 radical (unpaired) electrons. The lowest BCUT2D eigenvalue weighted by atomic mass is 9.77. The first-order valence-corrected chi connectivity index (χ1v) is 11.7. The van der Waals surface area contributed by atoms with Crippen LogP contribution in [0.15, 0.2) is 77.4 Å². The molecule has 0 saturated heterocycles. The van der Waals surface area contributed by atoms with Crippen molar-refractivity contribution in [3.63, 3.8) is 0 Å². The average molecular weight is 492 g/mol. The Morgan fingerprint density at radius 2 is 1.44 bits per heavy atom. The number of carbonyl (C=O) groups excluding carboxylic acids is 4. The smallest absolute Gasteiger partial charge is 0.344 e. The number of ether oxygens (including phenoxy) is 2. The molecule has 1 amide bonds. The van der Waals surface area contributed by atoms with Crippen molar-refractivity contribution >= 4 is 23.6 Å². The molecule has 36 heavy (non-hydrogen) atoms. The summed E-state index contributed by atoms with van der Waals surface area (Å²) in [6.45, 7) is 4.90. The summed E-state index contributed by atoms with van der Waals surface area (Å²) in [6.07, 6.45) is 1.02. The lowest BCUT2D eigenvalue weighted by molar-refractivity contribution is -0.167. The lowest BCUT2D eigenvalue weighted by Crippen LogP contribution is -2.65. The van der Waals surface area contributed by atoms with Crippen molar-refractivity contribution in [1.29, 1.82) is 0 Å². The molecule has 3 aromatic rings. The zero-order chi connectivity index (χ0) is 26.1. The first-order valence-electron chi connectivity index (χ1n) is 11.7. The van der Waals surface area contributed by atoms with Crippen molar-refractivity contribution in [3.05, 3.63) is 95.4 Å². The van der Waals surface area contributed by atoms with Crippen LogP contribution in [0.5, 0.6) is 0 Å². The van der Waals surface area contributed by atoms with Crippen LogP contribution in [0.1, 0.15) is 58.2 Å². The van der Waals surface area contributed by atoms with E-state index < -0.39 is 29.3 Å². The Hall–Kier alpha value is -4.20. The Bertz CT molecular complexity index is 1170. The minimum Gasteiger partial charge on any atom is -0.469 e. The molecule has 0 saturated carbocycles. The van der Waals surface area contributed by atoms with Gasteiger partial charge in [0.1, 0.15) is 5.76 Å². The molecule has 0 spiro atoms. The fraction of sp³-hybridized carbons (Fsp3) is 0.286. The van der Waals surface area contributed by atoms with Gasteiger partial charge in [-0.3, -0.25) is 9.59 Å². The standard InChI is InChI=1S/C28H29NO7/c1-4-34-26(32)28(27(33)35-5-2,29-25(31)21-10-7-6-8-11-21)22(24-12-9-17-36-24)18-23(30)20-15-13-19(3)14-16-20/h6-17,22H,4-5,18H2,1-3H3,(H,29,31). The highest BCUT2D eigenvalue weighted by molar-refractivity contribution is 6.12. The quantitative estimate of drug-likeness (QED) is 0.243. The Balaban J connectivity index is 2.17. The van der Waals surface area contributed by atoms with Crippen molar-refractivity contribution in [2.24, 2.45) is 0 Å². The molecule has 1 unspecified atom stereocenters. The summed E-state index contributed by atoms with van der Waals surface area (Å²) in [5, 5.41) is 2.57. The molecule has 2 aromatic carbocycles. The van der Waals surface area contributed by atoms with E-state index in [0.29, 0.717) is 5.56 Å². The van der Waals surface area contributed by atoms with E-state index >= 15 is 0 Å². The number of amides is 1. The van der Waals surface area contributed by atoms with Gasteiger partial charge in [0.15, 0.2) is 5.78 Å². The number of Topliss-reactive ketones (excluding diaryl/α,β-unsaturated/α-hetero) is 1. The molecule has 1 atom stereocenters. The van der Waals surface area contributed by atoms with Gasteiger partial charge < -0.3 is 19.2 Å². The van der Waals surface area contributed by atoms with Crippen LogP contribution >= 0.6 is 0 Å². The molecule has 0 aliphatic rings. The van der Waals surface area contributed by atoms with E-state index in [-0.39, 0.29) is 36.7 Å². The maximum atomic E-state index is 13.6. The van der Waals surface area contributed by atoms with E-state index in [4.69, 9.17) is 13.9 Å². The summed E-state index contributed by atoms with van der Waals surface area (Å²) in [5.74, 6) is -4.28. The Labute approximate surface area is 209 Å².